The number of ether oxygens (including phenoxy) is 3. The molecule has 0 aliphatic heterocycles. The number of carbonyl (C=O) groups excluding carboxylic acids is 1. The second kappa shape index (κ2) is 23.7. The summed E-state index contributed by atoms with van der Waals surface area (Å²) < 4.78 is 16.6. The van der Waals surface area contributed by atoms with Crippen LogP contribution in [0.25, 0.3) is 0 Å². The summed E-state index contributed by atoms with van der Waals surface area (Å²) >= 11 is 0. The fraction of sp³-hybridized carbons (Fsp3) is 0.960. The first-order valence-corrected chi connectivity index (χ1v) is 12.6. The maximum absolute atomic E-state index is 11.8. The fourth-order valence-electron chi connectivity index (χ4n) is 3.36. The van der Waals surface area contributed by atoms with Crippen molar-refractivity contribution in [1.82, 2.24) is 0 Å². The maximum Gasteiger partial charge on any atom is 0.306 e. The molecular weight excluding hydrogens is 364 g/mol. The zero-order valence-electron chi connectivity index (χ0n) is 19.9. The summed E-state index contributed by atoms with van der Waals surface area (Å²) in [6.45, 7) is 9.15. The molecular formula is C25H50O4. The van der Waals surface area contributed by atoms with E-state index in [-0.39, 0.29) is 12.1 Å². The van der Waals surface area contributed by atoms with Crippen molar-refractivity contribution in [3.63, 3.8) is 0 Å². The van der Waals surface area contributed by atoms with E-state index in [2.05, 4.69) is 13.8 Å². The van der Waals surface area contributed by atoms with Crippen LogP contribution in [0, 0.1) is 0 Å². The standard InChI is InChI=1S/C25H50O4/c1-4-6-8-10-11-12-13-14-16-20-27-22-23-28-21-17-19-25(26)29-24(3)18-15-9-7-5-2/h24H,4-23H2,1-3H3. The Morgan fingerprint density at radius 2 is 1.10 bits per heavy atom. The van der Waals surface area contributed by atoms with Crippen molar-refractivity contribution in [1.29, 1.82) is 0 Å². The lowest BCUT2D eigenvalue weighted by molar-refractivity contribution is -0.148. The van der Waals surface area contributed by atoms with Crippen LogP contribution in [-0.2, 0) is 19.0 Å². The first kappa shape index (κ1) is 28.4. The Labute approximate surface area is 181 Å². The van der Waals surface area contributed by atoms with Crippen LogP contribution in [0.1, 0.15) is 124 Å². The highest BCUT2D eigenvalue weighted by atomic mass is 16.5. The van der Waals surface area contributed by atoms with Gasteiger partial charge >= 0.3 is 5.97 Å². The minimum Gasteiger partial charge on any atom is -0.463 e. The number of hydrogen-bond donors (Lipinski definition) is 0. The SMILES string of the molecule is CCCCCCCCCCCOCCOCCCC(=O)OC(C)CCCCCC. The van der Waals surface area contributed by atoms with Gasteiger partial charge in [-0.2, -0.15) is 0 Å². The van der Waals surface area contributed by atoms with Crippen LogP contribution in [0.15, 0.2) is 0 Å². The highest BCUT2D eigenvalue weighted by Gasteiger charge is 2.09. The van der Waals surface area contributed by atoms with Gasteiger partial charge in [0.2, 0.25) is 0 Å². The van der Waals surface area contributed by atoms with Gasteiger partial charge in [0.1, 0.15) is 0 Å². The van der Waals surface area contributed by atoms with Crippen LogP contribution in [-0.4, -0.2) is 38.5 Å². The van der Waals surface area contributed by atoms with Crippen LogP contribution in [0.5, 0.6) is 0 Å². The number of carbonyl (C=O) groups is 1. The lowest BCUT2D eigenvalue weighted by atomic mass is 10.1. The van der Waals surface area contributed by atoms with E-state index in [9.17, 15) is 4.79 Å². The molecule has 0 rings (SSSR count). The van der Waals surface area contributed by atoms with Crippen LogP contribution < -0.4 is 0 Å². The van der Waals surface area contributed by atoms with Crippen LogP contribution in [0.4, 0.5) is 0 Å². The first-order chi connectivity index (χ1) is 14.2. The molecule has 174 valence electrons. The summed E-state index contributed by atoms with van der Waals surface area (Å²) in [6, 6.07) is 0. The van der Waals surface area contributed by atoms with E-state index in [1.54, 1.807) is 0 Å². The van der Waals surface area contributed by atoms with Crippen LogP contribution in [0.2, 0.25) is 0 Å². The third-order valence-corrected chi connectivity index (χ3v) is 5.23. The normalized spacial score (nSPS) is 12.2. The molecule has 0 N–H and O–H groups in total. The van der Waals surface area contributed by atoms with Crippen LogP contribution in [0.3, 0.4) is 0 Å². The highest BCUT2D eigenvalue weighted by molar-refractivity contribution is 5.69. The number of unbranched alkanes of at least 4 members (excludes halogenated alkanes) is 11. The molecule has 4 heteroatoms. The lowest BCUT2D eigenvalue weighted by Crippen LogP contribution is -2.15. The Morgan fingerprint density at radius 1 is 0.621 bits per heavy atom. The largest absolute Gasteiger partial charge is 0.463 e. The molecule has 0 amide bonds. The number of rotatable bonds is 23. The van der Waals surface area contributed by atoms with Crippen molar-refractivity contribution < 1.29 is 19.0 Å². The van der Waals surface area contributed by atoms with E-state index < -0.39 is 0 Å². The molecule has 0 aliphatic rings. The molecule has 0 bridgehead atoms. The highest BCUT2D eigenvalue weighted by Crippen LogP contribution is 2.10. The van der Waals surface area contributed by atoms with E-state index in [1.165, 1.54) is 70.6 Å². The summed E-state index contributed by atoms with van der Waals surface area (Å²) in [5.41, 5.74) is 0. The van der Waals surface area contributed by atoms with E-state index in [1.807, 2.05) is 6.92 Å². The molecule has 0 aromatic heterocycles. The number of hydrogen-bond acceptors (Lipinski definition) is 4. The van der Waals surface area contributed by atoms with Gasteiger partial charge in [0.05, 0.1) is 19.3 Å². The molecule has 0 spiro atoms. The van der Waals surface area contributed by atoms with Gasteiger partial charge in [0.15, 0.2) is 0 Å². The molecule has 0 saturated carbocycles. The van der Waals surface area contributed by atoms with Gasteiger partial charge in [0, 0.05) is 19.6 Å². The Hall–Kier alpha value is -0.610. The average molecular weight is 415 g/mol. The topological polar surface area (TPSA) is 44.8 Å². The van der Waals surface area contributed by atoms with E-state index in [0.717, 1.165) is 32.3 Å². The van der Waals surface area contributed by atoms with Crippen molar-refractivity contribution >= 4 is 5.97 Å². The summed E-state index contributed by atoms with van der Waals surface area (Å²) in [5, 5.41) is 0. The fourth-order valence-corrected chi connectivity index (χ4v) is 3.36. The zero-order valence-corrected chi connectivity index (χ0v) is 19.9. The van der Waals surface area contributed by atoms with Gasteiger partial charge in [-0.3, -0.25) is 4.79 Å². The Morgan fingerprint density at radius 3 is 1.69 bits per heavy atom. The van der Waals surface area contributed by atoms with Crippen molar-refractivity contribution in [2.75, 3.05) is 26.4 Å². The Kier molecular flexibility index (Phi) is 23.2. The first-order valence-electron chi connectivity index (χ1n) is 12.6. The minimum atomic E-state index is -0.0989. The molecule has 0 fully saturated rings. The average Bonchev–Trinajstić information content (AvgIpc) is 2.71. The van der Waals surface area contributed by atoms with Gasteiger partial charge in [-0.25, -0.2) is 0 Å². The molecule has 0 aromatic rings. The van der Waals surface area contributed by atoms with E-state index in [4.69, 9.17) is 14.2 Å². The maximum atomic E-state index is 11.8. The van der Waals surface area contributed by atoms with Gasteiger partial charge in [-0.1, -0.05) is 84.5 Å². The lowest BCUT2D eigenvalue weighted by Gasteiger charge is -2.13. The smallest absolute Gasteiger partial charge is 0.306 e. The monoisotopic (exact) mass is 414 g/mol. The van der Waals surface area contributed by atoms with Gasteiger partial charge in [-0.15, -0.1) is 0 Å². The molecule has 0 aliphatic carbocycles. The van der Waals surface area contributed by atoms with Crippen LogP contribution >= 0.6 is 0 Å². The van der Waals surface area contributed by atoms with Crippen molar-refractivity contribution in [2.45, 2.75) is 130 Å². The predicted molar refractivity (Wildman–Crippen MR) is 122 cm³/mol. The summed E-state index contributed by atoms with van der Waals surface area (Å²) in [5.74, 6) is -0.0989. The van der Waals surface area contributed by atoms with Gasteiger partial charge in [0.25, 0.3) is 0 Å². The third-order valence-electron chi connectivity index (χ3n) is 5.23. The predicted octanol–water partition coefficient (Wildman–Crippen LogP) is 7.23. The van der Waals surface area contributed by atoms with Gasteiger partial charge in [-0.05, 0) is 32.6 Å². The van der Waals surface area contributed by atoms with Gasteiger partial charge < -0.3 is 14.2 Å². The van der Waals surface area contributed by atoms with Crippen molar-refractivity contribution in [3.05, 3.63) is 0 Å². The van der Waals surface area contributed by atoms with Crippen molar-refractivity contribution in [3.8, 4) is 0 Å². The summed E-state index contributed by atoms with van der Waals surface area (Å²) in [4.78, 5) is 11.8. The quantitative estimate of drug-likeness (QED) is 0.131. The molecule has 0 radical (unpaired) electrons. The molecule has 0 heterocycles. The Bertz CT molecular complexity index is 333. The zero-order chi connectivity index (χ0) is 21.4. The molecule has 1 atom stereocenters. The third kappa shape index (κ3) is 23.5. The van der Waals surface area contributed by atoms with E-state index >= 15 is 0 Å². The molecule has 0 saturated heterocycles. The summed E-state index contributed by atoms with van der Waals surface area (Å²) in [6.07, 6.45) is 19.1. The second-order valence-corrected chi connectivity index (χ2v) is 8.31. The molecule has 0 aromatic carbocycles. The number of esters is 1. The molecule has 4 nitrogen and oxygen atoms in total. The molecule has 1 unspecified atom stereocenters. The second-order valence-electron chi connectivity index (χ2n) is 8.31. The molecule has 29 heavy (non-hydrogen) atoms. The van der Waals surface area contributed by atoms with Crippen molar-refractivity contribution in [2.24, 2.45) is 0 Å². The Balaban J connectivity index is 3.21. The minimum absolute atomic E-state index is 0.0368. The summed E-state index contributed by atoms with van der Waals surface area (Å²) in [7, 11) is 0. The van der Waals surface area contributed by atoms with E-state index in [0.29, 0.717) is 26.2 Å².